The molecule has 9 nitrogen and oxygen atoms in total. The molecule has 4 rings (SSSR count). The molecule has 1 aliphatic carbocycles. The lowest BCUT2D eigenvalue weighted by atomic mass is 10.0. The van der Waals surface area contributed by atoms with Crippen LogP contribution in [0.5, 0.6) is 5.75 Å². The van der Waals surface area contributed by atoms with Gasteiger partial charge < -0.3 is 21.5 Å². The van der Waals surface area contributed by atoms with Crippen molar-refractivity contribution in [2.24, 2.45) is 5.73 Å². The lowest BCUT2D eigenvalue weighted by Crippen LogP contribution is -2.46. The van der Waals surface area contributed by atoms with Crippen LogP contribution in [0.2, 0.25) is 0 Å². The Morgan fingerprint density at radius 3 is 2.47 bits per heavy atom. The summed E-state index contributed by atoms with van der Waals surface area (Å²) < 4.78 is 23.1. The van der Waals surface area contributed by atoms with Crippen molar-refractivity contribution in [3.8, 4) is 5.75 Å². The SMILES string of the molecule is COc1cccc(N(C(=O)c2snc(C(N)=O)c2N)[C@H](C(=O)NC2CCCC2)c2ccc(F)cc2)c1. The number of ether oxygens (including phenoxy) is 1. The van der Waals surface area contributed by atoms with Crippen LogP contribution in [0.15, 0.2) is 48.5 Å². The highest BCUT2D eigenvalue weighted by Crippen LogP contribution is 2.35. The number of nitrogens with zero attached hydrogens (tertiary/aromatic N) is 2. The number of hydrogen-bond donors (Lipinski definition) is 3. The number of carbonyl (C=O) groups is 3. The van der Waals surface area contributed by atoms with E-state index in [0.29, 0.717) is 28.5 Å². The van der Waals surface area contributed by atoms with Gasteiger partial charge in [0.15, 0.2) is 5.69 Å². The number of nitrogens with two attached hydrogens (primary N) is 2. The maximum absolute atomic E-state index is 14.0. The van der Waals surface area contributed by atoms with Gasteiger partial charge in [-0.2, -0.15) is 4.37 Å². The number of nitrogens with one attached hydrogen (secondary N) is 1. The molecule has 5 N–H and O–H groups in total. The molecular weight excluding hydrogens is 485 g/mol. The van der Waals surface area contributed by atoms with Crippen molar-refractivity contribution in [3.05, 3.63) is 70.5 Å². The van der Waals surface area contributed by atoms with Crippen molar-refractivity contribution >= 4 is 40.6 Å². The Labute approximate surface area is 211 Å². The maximum Gasteiger partial charge on any atom is 0.273 e. The Hall–Kier alpha value is -3.99. The number of amides is 3. The fraction of sp³-hybridized carbons (Fsp3) is 0.280. The highest BCUT2D eigenvalue weighted by Gasteiger charge is 2.37. The van der Waals surface area contributed by atoms with E-state index in [0.717, 1.165) is 25.7 Å². The fourth-order valence-electron chi connectivity index (χ4n) is 4.30. The molecule has 0 radical (unpaired) electrons. The van der Waals surface area contributed by atoms with Crippen molar-refractivity contribution in [3.63, 3.8) is 0 Å². The van der Waals surface area contributed by atoms with Gasteiger partial charge in [0.2, 0.25) is 5.91 Å². The highest BCUT2D eigenvalue weighted by molar-refractivity contribution is 7.09. The van der Waals surface area contributed by atoms with E-state index >= 15 is 0 Å². The van der Waals surface area contributed by atoms with Gasteiger partial charge in [0, 0.05) is 17.8 Å². The summed E-state index contributed by atoms with van der Waals surface area (Å²) in [6.07, 6.45) is 3.66. The van der Waals surface area contributed by atoms with Gasteiger partial charge in [-0.1, -0.05) is 31.0 Å². The first-order valence-electron chi connectivity index (χ1n) is 11.4. The minimum Gasteiger partial charge on any atom is -0.497 e. The predicted octanol–water partition coefficient (Wildman–Crippen LogP) is 3.42. The van der Waals surface area contributed by atoms with E-state index in [1.165, 1.54) is 36.3 Å². The summed E-state index contributed by atoms with van der Waals surface area (Å²) in [6.45, 7) is 0. The zero-order chi connectivity index (χ0) is 25.8. The quantitative estimate of drug-likeness (QED) is 0.423. The van der Waals surface area contributed by atoms with E-state index < -0.39 is 29.6 Å². The zero-order valence-corrected chi connectivity index (χ0v) is 20.4. The Morgan fingerprint density at radius 2 is 1.86 bits per heavy atom. The van der Waals surface area contributed by atoms with Crippen LogP contribution in [0.1, 0.15) is 57.4 Å². The van der Waals surface area contributed by atoms with Gasteiger partial charge in [0.1, 0.15) is 22.5 Å². The molecule has 0 aliphatic heterocycles. The number of benzene rings is 2. The van der Waals surface area contributed by atoms with Crippen molar-refractivity contribution in [1.82, 2.24) is 9.69 Å². The van der Waals surface area contributed by atoms with E-state index in [9.17, 15) is 18.8 Å². The minimum absolute atomic E-state index is 0.0300. The number of hydrogen-bond acceptors (Lipinski definition) is 7. The number of nitrogen functional groups attached to an aromatic ring is 1. The molecule has 36 heavy (non-hydrogen) atoms. The molecule has 1 fully saturated rings. The van der Waals surface area contributed by atoms with Crippen LogP contribution in [-0.4, -0.2) is 35.2 Å². The summed E-state index contributed by atoms with van der Waals surface area (Å²) in [4.78, 5) is 40.7. The van der Waals surface area contributed by atoms with Gasteiger partial charge in [0.05, 0.1) is 12.8 Å². The number of halogens is 1. The predicted molar refractivity (Wildman–Crippen MR) is 134 cm³/mol. The molecule has 1 saturated carbocycles. The van der Waals surface area contributed by atoms with Crippen LogP contribution in [0.3, 0.4) is 0 Å². The Kier molecular flexibility index (Phi) is 7.49. The zero-order valence-electron chi connectivity index (χ0n) is 19.6. The number of methoxy groups -OCH3 is 1. The molecule has 1 heterocycles. The third-order valence-electron chi connectivity index (χ3n) is 6.10. The number of rotatable bonds is 8. The second kappa shape index (κ2) is 10.7. The van der Waals surface area contributed by atoms with Crippen molar-refractivity contribution < 1.29 is 23.5 Å². The van der Waals surface area contributed by atoms with E-state index in [1.807, 2.05) is 0 Å². The lowest BCUT2D eigenvalue weighted by Gasteiger charge is -2.32. The molecule has 1 aromatic heterocycles. The third kappa shape index (κ3) is 5.15. The van der Waals surface area contributed by atoms with Crippen LogP contribution in [-0.2, 0) is 4.79 Å². The average Bonchev–Trinajstić information content (AvgIpc) is 3.52. The van der Waals surface area contributed by atoms with Crippen LogP contribution in [0, 0.1) is 5.82 Å². The van der Waals surface area contributed by atoms with E-state index in [-0.39, 0.29) is 22.3 Å². The summed E-state index contributed by atoms with van der Waals surface area (Å²) >= 11 is 0.715. The van der Waals surface area contributed by atoms with Gasteiger partial charge in [-0.05, 0) is 54.2 Å². The fourth-order valence-corrected chi connectivity index (χ4v) is 5.04. The Bertz CT molecular complexity index is 1270. The lowest BCUT2D eigenvalue weighted by molar-refractivity contribution is -0.123. The summed E-state index contributed by atoms with van der Waals surface area (Å²) in [5, 5.41) is 3.04. The number of primary amides is 1. The van der Waals surface area contributed by atoms with E-state index in [2.05, 4.69) is 9.69 Å². The molecule has 0 spiro atoms. The monoisotopic (exact) mass is 511 g/mol. The first-order chi connectivity index (χ1) is 17.3. The first-order valence-corrected chi connectivity index (χ1v) is 12.2. The molecule has 0 unspecified atom stereocenters. The Morgan fingerprint density at radius 1 is 1.17 bits per heavy atom. The molecule has 3 aromatic rings. The van der Waals surface area contributed by atoms with Gasteiger partial charge >= 0.3 is 0 Å². The summed E-state index contributed by atoms with van der Waals surface area (Å²) in [5.41, 5.74) is 11.8. The summed E-state index contributed by atoms with van der Waals surface area (Å²) in [5.74, 6) is -1.99. The smallest absolute Gasteiger partial charge is 0.273 e. The molecule has 1 atom stereocenters. The third-order valence-corrected chi connectivity index (χ3v) is 6.95. The molecule has 0 bridgehead atoms. The normalized spacial score (nSPS) is 14.3. The summed E-state index contributed by atoms with van der Waals surface area (Å²) in [6, 6.07) is 10.8. The minimum atomic E-state index is -1.18. The first kappa shape index (κ1) is 25.1. The second-order valence-electron chi connectivity index (χ2n) is 8.46. The molecule has 3 amide bonds. The van der Waals surface area contributed by atoms with E-state index in [1.54, 1.807) is 24.3 Å². The standard InChI is InChI=1S/C25H26FN5O4S/c1-35-18-8-4-7-17(13-18)31(25(34)22-19(27)20(23(28)32)30-36-22)21(14-9-11-15(26)12-10-14)24(33)29-16-5-2-3-6-16/h4,7-13,16,21H,2-3,5-6,27H2,1H3,(H2,28,32)(H,29,33)/t21-/m0/s1. The molecule has 1 aliphatic rings. The molecule has 2 aromatic carbocycles. The molecular formula is C25H26FN5O4S. The van der Waals surface area contributed by atoms with Crippen molar-refractivity contribution in [2.45, 2.75) is 37.8 Å². The topological polar surface area (TPSA) is 141 Å². The molecule has 11 heteroatoms. The highest BCUT2D eigenvalue weighted by atomic mass is 32.1. The van der Waals surface area contributed by atoms with Gasteiger partial charge in [-0.3, -0.25) is 19.3 Å². The van der Waals surface area contributed by atoms with Crippen LogP contribution in [0.4, 0.5) is 15.8 Å². The molecule has 0 saturated heterocycles. The summed E-state index contributed by atoms with van der Waals surface area (Å²) in [7, 11) is 1.48. The number of carbonyl (C=O) groups excluding carboxylic acids is 3. The van der Waals surface area contributed by atoms with Crippen LogP contribution >= 0.6 is 11.5 Å². The Balaban J connectivity index is 1.86. The van der Waals surface area contributed by atoms with E-state index in [4.69, 9.17) is 16.2 Å². The van der Waals surface area contributed by atoms with Crippen molar-refractivity contribution in [2.75, 3.05) is 17.7 Å². The number of anilines is 2. The second-order valence-corrected chi connectivity index (χ2v) is 9.23. The maximum atomic E-state index is 14.0. The largest absolute Gasteiger partial charge is 0.497 e. The van der Waals surface area contributed by atoms with Gasteiger partial charge in [-0.25, -0.2) is 4.39 Å². The van der Waals surface area contributed by atoms with Gasteiger partial charge in [0.25, 0.3) is 11.8 Å². The van der Waals surface area contributed by atoms with Gasteiger partial charge in [-0.15, -0.1) is 0 Å². The molecule has 188 valence electrons. The van der Waals surface area contributed by atoms with Crippen LogP contribution < -0.4 is 26.4 Å². The van der Waals surface area contributed by atoms with Crippen molar-refractivity contribution in [1.29, 1.82) is 0 Å². The number of aromatic nitrogens is 1. The van der Waals surface area contributed by atoms with Crippen LogP contribution in [0.25, 0.3) is 0 Å². The average molecular weight is 512 g/mol.